The van der Waals surface area contributed by atoms with Gasteiger partial charge in [-0.3, -0.25) is 9.59 Å². The second-order valence-corrected chi connectivity index (χ2v) is 3.83. The SMILES string of the molecule is Cc1cccc(O)c1.O=C(O)CCCCC(=O)O. The maximum absolute atomic E-state index is 9.90. The van der Waals surface area contributed by atoms with Crippen molar-refractivity contribution >= 4 is 11.9 Å². The van der Waals surface area contributed by atoms with Gasteiger partial charge in [-0.2, -0.15) is 0 Å². The van der Waals surface area contributed by atoms with Crippen LogP contribution in [0.1, 0.15) is 31.2 Å². The summed E-state index contributed by atoms with van der Waals surface area (Å²) in [4.78, 5) is 19.8. The van der Waals surface area contributed by atoms with Crippen LogP contribution in [0.15, 0.2) is 24.3 Å². The number of aromatic hydroxyl groups is 1. The van der Waals surface area contributed by atoms with Crippen molar-refractivity contribution in [3.8, 4) is 5.75 Å². The summed E-state index contributed by atoms with van der Waals surface area (Å²) in [7, 11) is 0. The van der Waals surface area contributed by atoms with Crippen LogP contribution in [0.4, 0.5) is 0 Å². The van der Waals surface area contributed by atoms with E-state index in [1.165, 1.54) is 0 Å². The van der Waals surface area contributed by atoms with Crippen LogP contribution in [-0.4, -0.2) is 27.3 Å². The minimum Gasteiger partial charge on any atom is -0.508 e. The average molecular weight is 254 g/mol. The molecular weight excluding hydrogens is 236 g/mol. The number of phenols is 1. The van der Waals surface area contributed by atoms with E-state index < -0.39 is 11.9 Å². The van der Waals surface area contributed by atoms with E-state index in [2.05, 4.69) is 0 Å². The molecule has 18 heavy (non-hydrogen) atoms. The fraction of sp³-hybridized carbons (Fsp3) is 0.385. The van der Waals surface area contributed by atoms with Gasteiger partial charge in [0, 0.05) is 12.8 Å². The number of hydrogen-bond donors (Lipinski definition) is 3. The van der Waals surface area contributed by atoms with Gasteiger partial charge in [0.05, 0.1) is 0 Å². The molecule has 5 heteroatoms. The van der Waals surface area contributed by atoms with E-state index in [4.69, 9.17) is 15.3 Å². The molecule has 0 atom stereocenters. The molecule has 0 aliphatic rings. The second-order valence-electron chi connectivity index (χ2n) is 3.83. The highest BCUT2D eigenvalue weighted by atomic mass is 16.4. The first-order valence-corrected chi connectivity index (χ1v) is 5.61. The molecule has 0 heterocycles. The van der Waals surface area contributed by atoms with Crippen LogP contribution < -0.4 is 0 Å². The van der Waals surface area contributed by atoms with Gasteiger partial charge in [-0.05, 0) is 37.5 Å². The third-order valence-corrected chi connectivity index (χ3v) is 2.03. The Bertz CT molecular complexity index is 353. The molecule has 0 fully saturated rings. The molecule has 0 aliphatic heterocycles. The van der Waals surface area contributed by atoms with E-state index in [1.54, 1.807) is 12.1 Å². The van der Waals surface area contributed by atoms with Crippen LogP contribution in [0.3, 0.4) is 0 Å². The Morgan fingerprint density at radius 2 is 1.56 bits per heavy atom. The van der Waals surface area contributed by atoms with E-state index in [9.17, 15) is 9.59 Å². The lowest BCUT2D eigenvalue weighted by molar-refractivity contribution is -0.139. The lowest BCUT2D eigenvalue weighted by atomic mass is 10.2. The van der Waals surface area contributed by atoms with Crippen molar-refractivity contribution in [2.45, 2.75) is 32.6 Å². The summed E-state index contributed by atoms with van der Waals surface area (Å²) >= 11 is 0. The smallest absolute Gasteiger partial charge is 0.303 e. The first kappa shape index (κ1) is 16.0. The minimum atomic E-state index is -0.870. The molecule has 1 rings (SSSR count). The third kappa shape index (κ3) is 10.5. The van der Waals surface area contributed by atoms with E-state index in [1.807, 2.05) is 19.1 Å². The third-order valence-electron chi connectivity index (χ3n) is 2.03. The van der Waals surface area contributed by atoms with Crippen molar-refractivity contribution in [1.29, 1.82) is 0 Å². The molecule has 1 aromatic carbocycles. The van der Waals surface area contributed by atoms with Crippen molar-refractivity contribution < 1.29 is 24.9 Å². The van der Waals surface area contributed by atoms with Crippen molar-refractivity contribution in [2.24, 2.45) is 0 Å². The van der Waals surface area contributed by atoms with Gasteiger partial charge >= 0.3 is 11.9 Å². The first-order chi connectivity index (χ1) is 8.41. The Hall–Kier alpha value is -2.04. The standard InChI is InChI=1S/C7H8O.C6H10O4/c1-6-3-2-4-7(8)5-6;7-5(8)3-1-2-4-6(9)10/h2-5,8H,1H3;1-4H2,(H,7,8)(H,9,10). The monoisotopic (exact) mass is 254 g/mol. The summed E-state index contributed by atoms with van der Waals surface area (Å²) in [6.07, 6.45) is 1.02. The van der Waals surface area contributed by atoms with Gasteiger partial charge in [0.25, 0.3) is 0 Å². The lowest BCUT2D eigenvalue weighted by Gasteiger charge is -1.92. The first-order valence-electron chi connectivity index (χ1n) is 5.61. The number of aliphatic carboxylic acids is 2. The van der Waals surface area contributed by atoms with Gasteiger partial charge in [-0.15, -0.1) is 0 Å². The molecule has 5 nitrogen and oxygen atoms in total. The number of carboxylic acid groups (broad SMARTS) is 2. The van der Waals surface area contributed by atoms with Crippen LogP contribution >= 0.6 is 0 Å². The van der Waals surface area contributed by atoms with Gasteiger partial charge < -0.3 is 15.3 Å². The quantitative estimate of drug-likeness (QED) is 0.701. The Morgan fingerprint density at radius 1 is 1.06 bits per heavy atom. The number of unbranched alkanes of at least 4 members (excludes halogenated alkanes) is 1. The van der Waals surface area contributed by atoms with E-state index in [0.29, 0.717) is 18.6 Å². The number of carboxylic acids is 2. The molecule has 1 aromatic rings. The molecule has 0 saturated heterocycles. The molecule has 0 aromatic heterocycles. The highest BCUT2D eigenvalue weighted by molar-refractivity contribution is 5.67. The summed E-state index contributed by atoms with van der Waals surface area (Å²) < 4.78 is 0. The number of rotatable bonds is 5. The minimum absolute atomic E-state index is 0.0628. The van der Waals surface area contributed by atoms with Gasteiger partial charge in [0.1, 0.15) is 5.75 Å². The summed E-state index contributed by atoms with van der Waals surface area (Å²) in [5, 5.41) is 25.1. The zero-order chi connectivity index (χ0) is 14.0. The highest BCUT2D eigenvalue weighted by Gasteiger charge is 1.99. The zero-order valence-corrected chi connectivity index (χ0v) is 10.3. The summed E-state index contributed by atoms with van der Waals surface area (Å²) in [6, 6.07) is 7.15. The van der Waals surface area contributed by atoms with Crippen LogP contribution in [-0.2, 0) is 9.59 Å². The maximum Gasteiger partial charge on any atom is 0.303 e. The molecule has 0 aliphatic carbocycles. The summed E-state index contributed by atoms with van der Waals surface area (Å²) in [5.74, 6) is -1.40. The molecule has 0 spiro atoms. The number of aryl methyl sites for hydroxylation is 1. The fourth-order valence-corrected chi connectivity index (χ4v) is 1.18. The van der Waals surface area contributed by atoms with Gasteiger partial charge in [0.15, 0.2) is 0 Å². The number of hydrogen-bond acceptors (Lipinski definition) is 3. The van der Waals surface area contributed by atoms with Crippen molar-refractivity contribution in [3.05, 3.63) is 29.8 Å². The van der Waals surface area contributed by atoms with Crippen LogP contribution in [0.5, 0.6) is 5.75 Å². The van der Waals surface area contributed by atoms with Crippen LogP contribution in [0.2, 0.25) is 0 Å². The predicted octanol–water partition coefficient (Wildman–Crippen LogP) is 2.42. The van der Waals surface area contributed by atoms with Crippen molar-refractivity contribution in [1.82, 2.24) is 0 Å². The van der Waals surface area contributed by atoms with Crippen LogP contribution in [0.25, 0.3) is 0 Å². The molecular formula is C13H18O5. The molecule has 100 valence electrons. The van der Waals surface area contributed by atoms with E-state index in [0.717, 1.165) is 5.56 Å². The molecule has 0 saturated carbocycles. The topological polar surface area (TPSA) is 94.8 Å². The number of benzene rings is 1. The Kier molecular flexibility index (Phi) is 8.01. The van der Waals surface area contributed by atoms with Crippen molar-refractivity contribution in [2.75, 3.05) is 0 Å². The van der Waals surface area contributed by atoms with Crippen molar-refractivity contribution in [3.63, 3.8) is 0 Å². The largest absolute Gasteiger partial charge is 0.508 e. The molecule has 3 N–H and O–H groups in total. The van der Waals surface area contributed by atoms with E-state index >= 15 is 0 Å². The Labute approximate surface area is 106 Å². The fourth-order valence-electron chi connectivity index (χ4n) is 1.18. The summed E-state index contributed by atoms with van der Waals surface area (Å²) in [5.41, 5.74) is 1.09. The molecule has 0 amide bonds. The molecule has 0 bridgehead atoms. The number of phenolic OH excluding ortho intramolecular Hbond substituents is 1. The van der Waals surface area contributed by atoms with Crippen LogP contribution in [0, 0.1) is 6.92 Å². The normalized spacial score (nSPS) is 9.17. The van der Waals surface area contributed by atoms with Gasteiger partial charge in [0.2, 0.25) is 0 Å². The lowest BCUT2D eigenvalue weighted by Crippen LogP contribution is -1.97. The van der Waals surface area contributed by atoms with Gasteiger partial charge in [-0.25, -0.2) is 0 Å². The number of carbonyl (C=O) groups is 2. The maximum atomic E-state index is 9.90. The molecule has 0 radical (unpaired) electrons. The summed E-state index contributed by atoms with van der Waals surface area (Å²) in [6.45, 7) is 1.94. The zero-order valence-electron chi connectivity index (χ0n) is 10.3. The second kappa shape index (κ2) is 9.04. The Morgan fingerprint density at radius 3 is 1.83 bits per heavy atom. The average Bonchev–Trinajstić information content (AvgIpc) is 2.24. The van der Waals surface area contributed by atoms with Gasteiger partial charge in [-0.1, -0.05) is 12.1 Å². The highest BCUT2D eigenvalue weighted by Crippen LogP contribution is 2.08. The Balaban J connectivity index is 0.000000327. The van der Waals surface area contributed by atoms with E-state index in [-0.39, 0.29) is 12.8 Å². The predicted molar refractivity (Wildman–Crippen MR) is 66.6 cm³/mol. The molecule has 0 unspecified atom stereocenters.